The first-order valence-electron chi connectivity index (χ1n) is 10.3. The highest BCUT2D eigenvalue weighted by Gasteiger charge is 2.28. The molecule has 6 heteroatoms. The molecule has 0 bridgehead atoms. The fourth-order valence-electron chi connectivity index (χ4n) is 4.13. The van der Waals surface area contributed by atoms with Crippen molar-refractivity contribution in [3.63, 3.8) is 0 Å². The number of fused-ring (bicyclic) bond motifs is 4. The number of nitrogens with one attached hydrogen (secondary N) is 1. The predicted molar refractivity (Wildman–Crippen MR) is 108 cm³/mol. The SMILES string of the molecule is CC1(C)CCc2cc3c4c(/c(=N/NC(=O)CCCN)oc3cc2O1)CCCC4. The van der Waals surface area contributed by atoms with Gasteiger partial charge in [-0.25, -0.2) is 5.43 Å². The number of rotatable bonds is 4. The maximum absolute atomic E-state index is 11.9. The Morgan fingerprint density at radius 1 is 1.21 bits per heavy atom. The fourth-order valence-corrected chi connectivity index (χ4v) is 4.13. The number of nitrogens with two attached hydrogens (primary N) is 1. The summed E-state index contributed by atoms with van der Waals surface area (Å²) >= 11 is 0. The van der Waals surface area contributed by atoms with E-state index >= 15 is 0 Å². The smallest absolute Gasteiger partial charge is 0.240 e. The van der Waals surface area contributed by atoms with Gasteiger partial charge in [-0.2, -0.15) is 0 Å². The van der Waals surface area contributed by atoms with Crippen LogP contribution in [0.3, 0.4) is 0 Å². The Morgan fingerprint density at radius 3 is 2.79 bits per heavy atom. The molecule has 4 rings (SSSR count). The van der Waals surface area contributed by atoms with Crippen molar-refractivity contribution in [1.82, 2.24) is 5.43 Å². The van der Waals surface area contributed by atoms with Crippen molar-refractivity contribution in [2.45, 2.75) is 70.8 Å². The van der Waals surface area contributed by atoms with Crippen molar-refractivity contribution in [2.75, 3.05) is 6.54 Å². The highest BCUT2D eigenvalue weighted by molar-refractivity contribution is 5.84. The number of amides is 1. The number of carbonyl (C=O) groups is 1. The molecule has 0 spiro atoms. The lowest BCUT2D eigenvalue weighted by Crippen LogP contribution is -2.32. The number of nitrogens with zero attached hydrogens (tertiary/aromatic N) is 1. The first kappa shape index (κ1) is 19.0. The minimum Gasteiger partial charge on any atom is -0.487 e. The van der Waals surface area contributed by atoms with E-state index in [4.69, 9.17) is 14.9 Å². The Bertz CT molecular complexity index is 975. The van der Waals surface area contributed by atoms with Crippen molar-refractivity contribution < 1.29 is 13.9 Å². The predicted octanol–water partition coefficient (Wildman–Crippen LogP) is 3.09. The van der Waals surface area contributed by atoms with Gasteiger partial charge >= 0.3 is 0 Å². The molecule has 2 aliphatic rings. The van der Waals surface area contributed by atoms with Gasteiger partial charge in [-0.1, -0.05) is 0 Å². The Morgan fingerprint density at radius 2 is 2.00 bits per heavy atom. The lowest BCUT2D eigenvalue weighted by atomic mass is 9.88. The number of ether oxygens (including phenoxy) is 1. The molecule has 1 aliphatic carbocycles. The molecule has 0 saturated heterocycles. The molecule has 2 heterocycles. The van der Waals surface area contributed by atoms with E-state index in [9.17, 15) is 4.79 Å². The topological polar surface area (TPSA) is 89.9 Å². The summed E-state index contributed by atoms with van der Waals surface area (Å²) in [6.45, 7) is 4.72. The van der Waals surface area contributed by atoms with E-state index in [1.807, 2.05) is 6.07 Å². The van der Waals surface area contributed by atoms with Gasteiger partial charge in [0.05, 0.1) is 0 Å². The number of aryl methyl sites for hydroxylation is 2. The van der Waals surface area contributed by atoms with Crippen LogP contribution < -0.4 is 21.5 Å². The third kappa shape index (κ3) is 3.78. The molecule has 0 radical (unpaired) electrons. The van der Waals surface area contributed by atoms with Crippen LogP contribution in [0.15, 0.2) is 21.7 Å². The Hall–Kier alpha value is -2.34. The van der Waals surface area contributed by atoms with E-state index in [0.29, 0.717) is 24.9 Å². The highest BCUT2D eigenvalue weighted by Crippen LogP contribution is 2.37. The largest absolute Gasteiger partial charge is 0.487 e. The van der Waals surface area contributed by atoms with E-state index in [0.717, 1.165) is 60.8 Å². The Balaban J connectivity index is 1.79. The first-order valence-corrected chi connectivity index (χ1v) is 10.3. The zero-order valence-corrected chi connectivity index (χ0v) is 16.8. The molecular weight excluding hydrogens is 354 g/mol. The van der Waals surface area contributed by atoms with Gasteiger partial charge in [0.2, 0.25) is 11.5 Å². The van der Waals surface area contributed by atoms with E-state index in [1.54, 1.807) is 0 Å². The quantitative estimate of drug-likeness (QED) is 0.794. The molecule has 1 amide bonds. The van der Waals surface area contributed by atoms with E-state index < -0.39 is 0 Å². The molecule has 28 heavy (non-hydrogen) atoms. The number of hydrogen-bond acceptors (Lipinski definition) is 5. The summed E-state index contributed by atoms with van der Waals surface area (Å²) in [6.07, 6.45) is 7.24. The second-order valence-electron chi connectivity index (χ2n) is 8.43. The van der Waals surface area contributed by atoms with Crippen LogP contribution in [0, 0.1) is 0 Å². The lowest BCUT2D eigenvalue weighted by molar-refractivity contribution is -0.121. The molecule has 6 nitrogen and oxygen atoms in total. The van der Waals surface area contributed by atoms with Crippen LogP contribution in [0.25, 0.3) is 11.0 Å². The van der Waals surface area contributed by atoms with Crippen molar-refractivity contribution in [3.05, 3.63) is 34.4 Å². The fraction of sp³-hybridized carbons (Fsp3) is 0.545. The number of hydrogen-bond donors (Lipinski definition) is 2. The van der Waals surface area contributed by atoms with Crippen LogP contribution in [-0.2, 0) is 24.1 Å². The van der Waals surface area contributed by atoms with Gasteiger partial charge in [-0.15, -0.1) is 5.10 Å². The summed E-state index contributed by atoms with van der Waals surface area (Å²) in [5.74, 6) is 0.752. The van der Waals surface area contributed by atoms with Gasteiger partial charge in [-0.3, -0.25) is 4.79 Å². The average Bonchev–Trinajstić information content (AvgIpc) is 2.68. The first-order chi connectivity index (χ1) is 13.5. The molecule has 1 aliphatic heterocycles. The number of benzene rings is 1. The average molecular weight is 383 g/mol. The van der Waals surface area contributed by atoms with Crippen LogP contribution in [0.1, 0.15) is 62.6 Å². The third-order valence-corrected chi connectivity index (χ3v) is 5.69. The summed E-state index contributed by atoms with van der Waals surface area (Å²) in [4.78, 5) is 11.9. The van der Waals surface area contributed by atoms with Gasteiger partial charge in [0.25, 0.3) is 0 Å². The summed E-state index contributed by atoms with van der Waals surface area (Å²) in [5.41, 5.74) is 12.9. The summed E-state index contributed by atoms with van der Waals surface area (Å²) in [7, 11) is 0. The van der Waals surface area contributed by atoms with Crippen LogP contribution in [0.5, 0.6) is 5.75 Å². The molecule has 1 aromatic carbocycles. The summed E-state index contributed by atoms with van der Waals surface area (Å²) in [6, 6.07) is 4.23. The van der Waals surface area contributed by atoms with E-state index in [-0.39, 0.29) is 11.5 Å². The van der Waals surface area contributed by atoms with Gasteiger partial charge < -0.3 is 14.9 Å². The lowest BCUT2D eigenvalue weighted by Gasteiger charge is -2.33. The van der Waals surface area contributed by atoms with E-state index in [1.165, 1.54) is 11.1 Å². The van der Waals surface area contributed by atoms with Gasteiger partial charge in [0.15, 0.2) is 0 Å². The zero-order chi connectivity index (χ0) is 19.7. The van der Waals surface area contributed by atoms with Crippen LogP contribution in [0.2, 0.25) is 0 Å². The maximum Gasteiger partial charge on any atom is 0.240 e. The minimum atomic E-state index is -0.168. The standard InChI is InChI=1S/C22H29N3O3/c1-22(2)10-9-14-12-17-15-6-3-4-7-16(15)21(25-24-20(26)8-5-11-23)27-19(17)13-18(14)28-22/h12-13H,3-11,23H2,1-2H3,(H,24,26)/b25-21-. The Labute approximate surface area is 165 Å². The molecule has 0 fully saturated rings. The van der Waals surface area contributed by atoms with Gasteiger partial charge in [0.1, 0.15) is 16.9 Å². The molecular formula is C22H29N3O3. The second-order valence-corrected chi connectivity index (χ2v) is 8.43. The monoisotopic (exact) mass is 383 g/mol. The van der Waals surface area contributed by atoms with Crippen LogP contribution in [-0.4, -0.2) is 18.1 Å². The van der Waals surface area contributed by atoms with Crippen LogP contribution >= 0.6 is 0 Å². The molecule has 150 valence electrons. The normalized spacial score (nSPS) is 18.3. The second kappa shape index (κ2) is 7.59. The molecule has 0 unspecified atom stereocenters. The molecule has 0 saturated carbocycles. The van der Waals surface area contributed by atoms with Gasteiger partial charge in [-0.05, 0) is 82.5 Å². The minimum absolute atomic E-state index is 0.138. The third-order valence-electron chi connectivity index (χ3n) is 5.69. The zero-order valence-electron chi connectivity index (χ0n) is 16.8. The molecule has 3 N–H and O–H groups in total. The van der Waals surface area contributed by atoms with Crippen molar-refractivity contribution >= 4 is 16.9 Å². The van der Waals surface area contributed by atoms with E-state index in [2.05, 4.69) is 30.4 Å². The summed E-state index contributed by atoms with van der Waals surface area (Å²) in [5, 5.41) is 5.47. The maximum atomic E-state index is 11.9. The molecule has 1 aromatic heterocycles. The van der Waals surface area contributed by atoms with Gasteiger partial charge in [0, 0.05) is 23.4 Å². The van der Waals surface area contributed by atoms with Crippen molar-refractivity contribution in [1.29, 1.82) is 0 Å². The molecule has 0 atom stereocenters. The summed E-state index contributed by atoms with van der Waals surface area (Å²) < 4.78 is 12.3. The molecule has 2 aromatic rings. The Kier molecular flexibility index (Phi) is 5.15. The highest BCUT2D eigenvalue weighted by atomic mass is 16.5. The number of carbonyl (C=O) groups excluding carboxylic acids is 1. The van der Waals surface area contributed by atoms with Crippen molar-refractivity contribution in [3.8, 4) is 5.75 Å². The van der Waals surface area contributed by atoms with Crippen LogP contribution in [0.4, 0.5) is 0 Å². The van der Waals surface area contributed by atoms with Crippen molar-refractivity contribution in [2.24, 2.45) is 10.8 Å².